The van der Waals surface area contributed by atoms with Crippen molar-refractivity contribution in [1.29, 1.82) is 0 Å². The maximum atomic E-state index is 13.7. The topological polar surface area (TPSA) is 54.3 Å². The largest absolute Gasteiger partial charge is 0.368 e. The number of carbonyl (C=O) groups is 1. The van der Waals surface area contributed by atoms with Gasteiger partial charge >= 0.3 is 0 Å². The van der Waals surface area contributed by atoms with Crippen LogP contribution in [-0.4, -0.2) is 51.8 Å². The summed E-state index contributed by atoms with van der Waals surface area (Å²) in [6, 6.07) is 9.86. The zero-order valence-corrected chi connectivity index (χ0v) is 20.6. The molecule has 170 valence electrons. The lowest BCUT2D eigenvalue weighted by atomic mass is 10.0. The summed E-state index contributed by atoms with van der Waals surface area (Å²) >= 11 is 6.16. The zero-order valence-electron chi connectivity index (χ0n) is 19.8. The van der Waals surface area contributed by atoms with Crippen molar-refractivity contribution >= 4 is 34.2 Å². The van der Waals surface area contributed by atoms with Crippen LogP contribution in [-0.2, 0) is 5.54 Å². The summed E-state index contributed by atoms with van der Waals surface area (Å²) < 4.78 is 1.96. The standard InChI is InChI=1S/C25H32ClN5O/c1-16(2)21-15-20(22-17(3)28-31(23(22)27-21)25(4,5)6)24(32)30-12-10-29(11-13-30)19-9-7-8-18(26)14-19/h7-9,14-16H,10-13H2,1-6H3. The van der Waals surface area contributed by atoms with Crippen LogP contribution in [0.25, 0.3) is 11.0 Å². The van der Waals surface area contributed by atoms with Crippen molar-refractivity contribution in [2.24, 2.45) is 0 Å². The van der Waals surface area contributed by atoms with E-state index in [1.54, 1.807) is 0 Å². The van der Waals surface area contributed by atoms with Gasteiger partial charge in [0.1, 0.15) is 0 Å². The molecule has 0 unspecified atom stereocenters. The van der Waals surface area contributed by atoms with Crippen LogP contribution in [0.3, 0.4) is 0 Å². The number of aryl methyl sites for hydroxylation is 1. The molecule has 0 bridgehead atoms. The molecule has 3 aromatic rings. The number of pyridine rings is 1. The molecule has 1 aromatic carbocycles. The third-order valence-electron chi connectivity index (χ3n) is 6.03. The Morgan fingerprint density at radius 3 is 2.38 bits per heavy atom. The molecule has 3 heterocycles. The molecule has 7 heteroatoms. The van der Waals surface area contributed by atoms with Crippen LogP contribution in [0.2, 0.25) is 5.02 Å². The van der Waals surface area contributed by atoms with E-state index in [1.807, 2.05) is 40.8 Å². The van der Waals surface area contributed by atoms with Gasteiger partial charge in [0.15, 0.2) is 5.65 Å². The molecular weight excluding hydrogens is 422 g/mol. The van der Waals surface area contributed by atoms with Crippen LogP contribution in [0.1, 0.15) is 62.3 Å². The highest BCUT2D eigenvalue weighted by atomic mass is 35.5. The molecule has 1 fully saturated rings. The summed E-state index contributed by atoms with van der Waals surface area (Å²) in [5.41, 5.74) is 4.14. The van der Waals surface area contributed by atoms with Gasteiger partial charge in [-0.3, -0.25) is 4.79 Å². The summed E-state index contributed by atoms with van der Waals surface area (Å²) in [5, 5.41) is 6.37. The van der Waals surface area contributed by atoms with Crippen LogP contribution in [0.15, 0.2) is 30.3 Å². The summed E-state index contributed by atoms with van der Waals surface area (Å²) in [6.45, 7) is 15.4. The molecule has 1 aliphatic heterocycles. The number of hydrogen-bond acceptors (Lipinski definition) is 4. The Morgan fingerprint density at radius 2 is 1.78 bits per heavy atom. The Bertz CT molecular complexity index is 1150. The van der Waals surface area contributed by atoms with Crippen LogP contribution in [0, 0.1) is 6.92 Å². The molecule has 1 aliphatic rings. The average Bonchev–Trinajstić information content (AvgIpc) is 3.10. The van der Waals surface area contributed by atoms with Crippen molar-refractivity contribution in [3.05, 3.63) is 52.3 Å². The van der Waals surface area contributed by atoms with Gasteiger partial charge in [0, 0.05) is 42.6 Å². The molecule has 0 radical (unpaired) electrons. The molecule has 0 saturated carbocycles. The fourth-order valence-corrected chi connectivity index (χ4v) is 4.44. The van der Waals surface area contributed by atoms with Gasteiger partial charge in [0.25, 0.3) is 5.91 Å². The first kappa shape index (κ1) is 22.6. The Balaban J connectivity index is 1.67. The highest BCUT2D eigenvalue weighted by Crippen LogP contribution is 2.30. The molecule has 6 nitrogen and oxygen atoms in total. The van der Waals surface area contributed by atoms with Gasteiger partial charge in [-0.25, -0.2) is 9.67 Å². The molecular formula is C25H32ClN5O. The van der Waals surface area contributed by atoms with Crippen molar-refractivity contribution in [1.82, 2.24) is 19.7 Å². The molecule has 1 amide bonds. The lowest BCUT2D eigenvalue weighted by Gasteiger charge is -2.36. The Labute approximate surface area is 195 Å². The number of rotatable bonds is 3. The lowest BCUT2D eigenvalue weighted by molar-refractivity contribution is 0.0748. The smallest absolute Gasteiger partial charge is 0.254 e. The fraction of sp³-hybridized carbons (Fsp3) is 0.480. The highest BCUT2D eigenvalue weighted by molar-refractivity contribution is 6.30. The minimum absolute atomic E-state index is 0.0570. The van der Waals surface area contributed by atoms with Crippen molar-refractivity contribution in [2.75, 3.05) is 31.1 Å². The molecule has 1 saturated heterocycles. The van der Waals surface area contributed by atoms with Crippen molar-refractivity contribution in [3.63, 3.8) is 0 Å². The number of nitrogens with zero attached hydrogens (tertiary/aromatic N) is 5. The van der Waals surface area contributed by atoms with Gasteiger partial charge in [0.05, 0.1) is 22.2 Å². The van der Waals surface area contributed by atoms with E-state index < -0.39 is 0 Å². The van der Waals surface area contributed by atoms with Gasteiger partial charge < -0.3 is 9.80 Å². The van der Waals surface area contributed by atoms with Crippen LogP contribution < -0.4 is 4.90 Å². The van der Waals surface area contributed by atoms with Gasteiger partial charge in [-0.05, 0) is 57.9 Å². The SMILES string of the molecule is Cc1nn(C(C)(C)C)c2nc(C(C)C)cc(C(=O)N3CCN(c4cccc(Cl)c4)CC3)c12. The summed E-state index contributed by atoms with van der Waals surface area (Å²) in [7, 11) is 0. The first-order valence-corrected chi connectivity index (χ1v) is 11.6. The number of amides is 1. The summed E-state index contributed by atoms with van der Waals surface area (Å²) in [6.07, 6.45) is 0. The highest BCUT2D eigenvalue weighted by Gasteiger charge is 2.29. The number of halogens is 1. The lowest BCUT2D eigenvalue weighted by Crippen LogP contribution is -2.48. The zero-order chi connectivity index (χ0) is 23.2. The molecule has 32 heavy (non-hydrogen) atoms. The monoisotopic (exact) mass is 453 g/mol. The molecule has 0 spiro atoms. The number of anilines is 1. The van der Waals surface area contributed by atoms with Crippen LogP contribution in [0.5, 0.6) is 0 Å². The second kappa shape index (κ2) is 8.39. The second-order valence-corrected chi connectivity index (χ2v) is 10.3. The van der Waals surface area contributed by atoms with E-state index in [0.29, 0.717) is 18.7 Å². The Hall–Kier alpha value is -2.60. The molecule has 2 aromatic heterocycles. The average molecular weight is 454 g/mol. The number of benzene rings is 1. The van der Waals surface area contributed by atoms with E-state index in [1.165, 1.54) is 0 Å². The first-order chi connectivity index (χ1) is 15.1. The fourth-order valence-electron chi connectivity index (χ4n) is 4.25. The van der Waals surface area contributed by atoms with E-state index in [2.05, 4.69) is 45.6 Å². The van der Waals surface area contributed by atoms with E-state index in [4.69, 9.17) is 21.7 Å². The van der Waals surface area contributed by atoms with E-state index in [0.717, 1.165) is 46.2 Å². The third-order valence-corrected chi connectivity index (χ3v) is 6.27. The third kappa shape index (κ3) is 4.20. The minimum Gasteiger partial charge on any atom is -0.368 e. The summed E-state index contributed by atoms with van der Waals surface area (Å²) in [5.74, 6) is 0.274. The summed E-state index contributed by atoms with van der Waals surface area (Å²) in [4.78, 5) is 22.9. The number of fused-ring (bicyclic) bond motifs is 1. The van der Waals surface area contributed by atoms with Crippen LogP contribution >= 0.6 is 11.6 Å². The van der Waals surface area contributed by atoms with E-state index >= 15 is 0 Å². The first-order valence-electron chi connectivity index (χ1n) is 11.3. The molecule has 0 aliphatic carbocycles. The number of hydrogen-bond donors (Lipinski definition) is 0. The molecule has 4 rings (SSSR count). The van der Waals surface area contributed by atoms with Crippen molar-refractivity contribution in [3.8, 4) is 0 Å². The van der Waals surface area contributed by atoms with Gasteiger partial charge in [-0.15, -0.1) is 0 Å². The van der Waals surface area contributed by atoms with Crippen LogP contribution in [0.4, 0.5) is 5.69 Å². The maximum absolute atomic E-state index is 13.7. The molecule has 0 N–H and O–H groups in total. The Kier molecular flexibility index (Phi) is 5.93. The van der Waals surface area contributed by atoms with Crippen molar-refractivity contribution < 1.29 is 4.79 Å². The molecule has 0 atom stereocenters. The second-order valence-electron chi connectivity index (χ2n) is 9.88. The minimum atomic E-state index is -0.224. The number of aromatic nitrogens is 3. The van der Waals surface area contributed by atoms with Gasteiger partial charge in [-0.2, -0.15) is 5.10 Å². The number of carbonyl (C=O) groups excluding carboxylic acids is 1. The van der Waals surface area contributed by atoms with Gasteiger partial charge in [-0.1, -0.05) is 31.5 Å². The maximum Gasteiger partial charge on any atom is 0.254 e. The predicted molar refractivity (Wildman–Crippen MR) is 131 cm³/mol. The van der Waals surface area contributed by atoms with E-state index in [-0.39, 0.29) is 17.4 Å². The quantitative estimate of drug-likeness (QED) is 0.544. The normalized spacial score (nSPS) is 15.1. The van der Waals surface area contributed by atoms with Gasteiger partial charge in [0.2, 0.25) is 0 Å². The number of piperazine rings is 1. The van der Waals surface area contributed by atoms with Crippen molar-refractivity contribution in [2.45, 2.75) is 53.0 Å². The predicted octanol–water partition coefficient (Wildman–Crippen LogP) is 5.23. The Morgan fingerprint density at radius 1 is 1.09 bits per heavy atom. The van der Waals surface area contributed by atoms with E-state index in [9.17, 15) is 4.79 Å².